The number of amides is 1. The summed E-state index contributed by atoms with van der Waals surface area (Å²) in [6.07, 6.45) is 1.95. The molecule has 2 N–H and O–H groups in total. The lowest BCUT2D eigenvalue weighted by Gasteiger charge is -2.25. The zero-order chi connectivity index (χ0) is 18.7. The van der Waals surface area contributed by atoms with E-state index in [1.165, 1.54) is 0 Å². The highest BCUT2D eigenvalue weighted by molar-refractivity contribution is 5.79. The highest BCUT2D eigenvalue weighted by Crippen LogP contribution is 2.39. The Kier molecular flexibility index (Phi) is 5.05. The largest absolute Gasteiger partial charge is 0.337 e. The Morgan fingerprint density at radius 3 is 2.85 bits per heavy atom. The second-order valence-electron chi connectivity index (χ2n) is 6.97. The summed E-state index contributed by atoms with van der Waals surface area (Å²) in [4.78, 5) is 33.7. The van der Waals surface area contributed by atoms with Crippen molar-refractivity contribution in [3.63, 3.8) is 0 Å². The number of benzene rings is 1. The van der Waals surface area contributed by atoms with Gasteiger partial charge in [-0.3, -0.25) is 14.5 Å². The van der Waals surface area contributed by atoms with Crippen molar-refractivity contribution in [2.75, 3.05) is 13.1 Å². The average Bonchev–Trinajstić information content (AvgIpc) is 3.46. The maximum absolute atomic E-state index is 12.4. The maximum atomic E-state index is 12.4. The fourth-order valence-electron chi connectivity index (χ4n) is 3.12. The molecule has 1 aliphatic carbocycles. The van der Waals surface area contributed by atoms with Crippen molar-refractivity contribution in [2.45, 2.75) is 38.8 Å². The molecule has 136 valence electrons. The first-order valence-corrected chi connectivity index (χ1v) is 8.87. The number of hydrogen-bond acceptors (Lipinski definition) is 5. The van der Waals surface area contributed by atoms with E-state index in [1.54, 1.807) is 25.1 Å². The van der Waals surface area contributed by atoms with Crippen LogP contribution in [0.5, 0.6) is 0 Å². The predicted molar refractivity (Wildman–Crippen MR) is 98.2 cm³/mol. The van der Waals surface area contributed by atoms with Gasteiger partial charge in [-0.2, -0.15) is 5.26 Å². The van der Waals surface area contributed by atoms with Crippen LogP contribution >= 0.6 is 0 Å². The van der Waals surface area contributed by atoms with Gasteiger partial charge < -0.3 is 10.3 Å². The molecule has 1 aromatic heterocycles. The van der Waals surface area contributed by atoms with Crippen molar-refractivity contribution in [1.82, 2.24) is 20.2 Å². The number of nitriles is 1. The molecule has 7 heteroatoms. The Morgan fingerprint density at radius 1 is 1.46 bits per heavy atom. The highest BCUT2D eigenvalue weighted by atomic mass is 16.2. The summed E-state index contributed by atoms with van der Waals surface area (Å²) in [5.41, 5.74) is -0.346. The molecule has 7 nitrogen and oxygen atoms in total. The van der Waals surface area contributed by atoms with Gasteiger partial charge in [0.15, 0.2) is 0 Å². The second-order valence-corrected chi connectivity index (χ2v) is 6.97. The number of hydrogen-bond donors (Lipinski definition) is 2. The summed E-state index contributed by atoms with van der Waals surface area (Å²) in [7, 11) is 0. The van der Waals surface area contributed by atoms with E-state index >= 15 is 0 Å². The lowest BCUT2D eigenvalue weighted by Crippen LogP contribution is -2.50. The fraction of sp³-hybridized carbons (Fsp3) is 0.474. The molecular formula is C19H23N5O2. The normalized spacial score (nSPS) is 16.2. The number of carbonyl (C=O) groups is 1. The minimum Gasteiger partial charge on any atom is -0.337 e. The second kappa shape index (κ2) is 7.26. The SMILES string of the molecule is CCN(CC(=O)N[C@](C)(C#N)C1CC1)Cc1nc2ccccc2c(=O)[nH]1. The standard InChI is InChI=1S/C19H23N5O2/c1-3-24(11-17(25)23-19(2,12-20)13-8-9-13)10-16-21-15-7-5-4-6-14(15)18(26)22-16/h4-7,13H,3,8-11H2,1-2H3,(H,23,25)(H,21,22,26)/t19-/m1/s1. The molecule has 26 heavy (non-hydrogen) atoms. The fourth-order valence-corrected chi connectivity index (χ4v) is 3.12. The molecule has 1 amide bonds. The van der Waals surface area contributed by atoms with Crippen molar-refractivity contribution < 1.29 is 4.79 Å². The van der Waals surface area contributed by atoms with Crippen LogP contribution in [0.15, 0.2) is 29.1 Å². The molecule has 0 saturated heterocycles. The molecule has 0 bridgehead atoms. The molecule has 1 heterocycles. The number of para-hydroxylation sites is 1. The maximum Gasteiger partial charge on any atom is 0.258 e. The first kappa shape index (κ1) is 18.1. The van der Waals surface area contributed by atoms with Gasteiger partial charge in [-0.1, -0.05) is 19.1 Å². The first-order valence-electron chi connectivity index (χ1n) is 8.87. The van der Waals surface area contributed by atoms with Gasteiger partial charge in [0, 0.05) is 0 Å². The predicted octanol–water partition coefficient (Wildman–Crippen LogP) is 1.55. The summed E-state index contributed by atoms with van der Waals surface area (Å²) < 4.78 is 0. The van der Waals surface area contributed by atoms with Gasteiger partial charge in [-0.15, -0.1) is 0 Å². The van der Waals surface area contributed by atoms with Crippen LogP contribution in [0, 0.1) is 17.2 Å². The third kappa shape index (κ3) is 3.92. The van der Waals surface area contributed by atoms with E-state index in [9.17, 15) is 14.9 Å². The van der Waals surface area contributed by atoms with Crippen LogP contribution in [0.2, 0.25) is 0 Å². The molecule has 1 fully saturated rings. The lowest BCUT2D eigenvalue weighted by molar-refractivity contribution is -0.123. The van der Waals surface area contributed by atoms with E-state index in [4.69, 9.17) is 0 Å². The Hall–Kier alpha value is -2.72. The number of carbonyl (C=O) groups excluding carboxylic acids is 1. The van der Waals surface area contributed by atoms with E-state index in [1.807, 2.05) is 17.9 Å². The number of aromatic amines is 1. The molecule has 1 saturated carbocycles. The molecule has 3 rings (SSSR count). The number of aromatic nitrogens is 2. The third-order valence-electron chi connectivity index (χ3n) is 4.87. The Morgan fingerprint density at radius 2 is 2.19 bits per heavy atom. The summed E-state index contributed by atoms with van der Waals surface area (Å²) in [6, 6.07) is 9.40. The van der Waals surface area contributed by atoms with E-state index in [2.05, 4.69) is 21.4 Å². The summed E-state index contributed by atoms with van der Waals surface area (Å²) in [5.74, 6) is 0.574. The first-order chi connectivity index (χ1) is 12.4. The number of likely N-dealkylation sites (N-methyl/N-ethyl adjacent to an activating group) is 1. The van der Waals surface area contributed by atoms with Crippen molar-refractivity contribution in [3.8, 4) is 6.07 Å². The van der Waals surface area contributed by atoms with Crippen LogP contribution < -0.4 is 10.9 Å². The molecule has 0 unspecified atom stereocenters. The number of nitrogens with one attached hydrogen (secondary N) is 2. The molecular weight excluding hydrogens is 330 g/mol. The molecule has 0 spiro atoms. The number of fused-ring (bicyclic) bond motifs is 1. The van der Waals surface area contributed by atoms with Crippen LogP contribution in [0.4, 0.5) is 0 Å². The summed E-state index contributed by atoms with van der Waals surface area (Å²) in [6.45, 7) is 4.85. The van der Waals surface area contributed by atoms with E-state index in [0.717, 1.165) is 12.8 Å². The topological polar surface area (TPSA) is 102 Å². The molecule has 1 aliphatic rings. The van der Waals surface area contributed by atoms with Gasteiger partial charge in [0.25, 0.3) is 5.56 Å². The van der Waals surface area contributed by atoms with Crippen molar-refractivity contribution >= 4 is 16.8 Å². The van der Waals surface area contributed by atoms with Gasteiger partial charge >= 0.3 is 0 Å². The smallest absolute Gasteiger partial charge is 0.258 e. The zero-order valence-electron chi connectivity index (χ0n) is 15.1. The minimum atomic E-state index is -0.800. The Bertz CT molecular complexity index is 912. The van der Waals surface area contributed by atoms with Crippen LogP contribution in [-0.4, -0.2) is 39.4 Å². The summed E-state index contributed by atoms with van der Waals surface area (Å²) >= 11 is 0. The third-order valence-corrected chi connectivity index (χ3v) is 4.87. The molecule has 1 atom stereocenters. The number of H-pyrrole nitrogens is 1. The van der Waals surface area contributed by atoms with E-state index in [-0.39, 0.29) is 23.9 Å². The quantitative estimate of drug-likeness (QED) is 0.786. The lowest BCUT2D eigenvalue weighted by atomic mass is 9.98. The summed E-state index contributed by atoms with van der Waals surface area (Å²) in [5, 5.41) is 12.8. The molecule has 2 aromatic rings. The Labute approximate surface area is 152 Å². The minimum absolute atomic E-state index is 0.150. The monoisotopic (exact) mass is 353 g/mol. The number of rotatable bonds is 7. The molecule has 0 aliphatic heterocycles. The Balaban J connectivity index is 1.69. The highest BCUT2D eigenvalue weighted by Gasteiger charge is 2.43. The average molecular weight is 353 g/mol. The van der Waals surface area contributed by atoms with Gasteiger partial charge in [-0.05, 0) is 44.4 Å². The van der Waals surface area contributed by atoms with Crippen LogP contribution in [0.1, 0.15) is 32.5 Å². The van der Waals surface area contributed by atoms with E-state index in [0.29, 0.717) is 29.8 Å². The van der Waals surface area contributed by atoms with Gasteiger partial charge in [-0.25, -0.2) is 4.98 Å². The van der Waals surface area contributed by atoms with Crippen LogP contribution in [0.25, 0.3) is 10.9 Å². The van der Waals surface area contributed by atoms with Crippen LogP contribution in [-0.2, 0) is 11.3 Å². The van der Waals surface area contributed by atoms with Gasteiger partial charge in [0.2, 0.25) is 5.91 Å². The van der Waals surface area contributed by atoms with E-state index < -0.39 is 5.54 Å². The number of nitrogens with zero attached hydrogens (tertiary/aromatic N) is 3. The van der Waals surface area contributed by atoms with Crippen molar-refractivity contribution in [1.29, 1.82) is 5.26 Å². The molecule has 1 aromatic carbocycles. The van der Waals surface area contributed by atoms with Gasteiger partial charge in [0.1, 0.15) is 11.4 Å². The van der Waals surface area contributed by atoms with Crippen molar-refractivity contribution in [3.05, 3.63) is 40.4 Å². The van der Waals surface area contributed by atoms with Crippen LogP contribution in [0.3, 0.4) is 0 Å². The van der Waals surface area contributed by atoms with Crippen molar-refractivity contribution in [2.24, 2.45) is 5.92 Å². The van der Waals surface area contributed by atoms with Gasteiger partial charge in [0.05, 0.1) is 30.1 Å². The zero-order valence-corrected chi connectivity index (χ0v) is 15.1. The molecule has 0 radical (unpaired) electrons.